The average molecular weight is 390 g/mol. The molecule has 5 heteroatoms. The lowest BCUT2D eigenvalue weighted by atomic mass is 10.1. The molecular formula is C19H21BrFN3. The molecule has 2 unspecified atom stereocenters. The summed E-state index contributed by atoms with van der Waals surface area (Å²) in [6, 6.07) is 5.64. The second kappa shape index (κ2) is 7.43. The van der Waals surface area contributed by atoms with Crippen LogP contribution in [0.3, 0.4) is 0 Å². The highest BCUT2D eigenvalue weighted by Gasteiger charge is 2.40. The molecule has 24 heavy (non-hydrogen) atoms. The molecular weight excluding hydrogens is 369 g/mol. The van der Waals surface area contributed by atoms with Gasteiger partial charge in [-0.15, -0.1) is 0 Å². The fraction of sp³-hybridized carbons (Fsp3) is 0.368. The van der Waals surface area contributed by atoms with Gasteiger partial charge in [0.1, 0.15) is 12.5 Å². The van der Waals surface area contributed by atoms with Gasteiger partial charge in [0.15, 0.2) is 0 Å². The van der Waals surface area contributed by atoms with Crippen molar-refractivity contribution in [1.82, 2.24) is 9.97 Å². The van der Waals surface area contributed by atoms with Crippen LogP contribution in [0, 0.1) is 5.92 Å². The number of halogens is 2. The third-order valence-corrected chi connectivity index (χ3v) is 5.29. The Hall–Kier alpha value is -1.75. The highest BCUT2D eigenvalue weighted by molar-refractivity contribution is 9.10. The van der Waals surface area contributed by atoms with Crippen LogP contribution in [-0.4, -0.2) is 9.97 Å². The minimum Gasteiger partial charge on any atom is -0.365 e. The van der Waals surface area contributed by atoms with Crippen molar-refractivity contribution in [2.75, 3.05) is 5.32 Å². The number of anilines is 1. The molecule has 0 saturated heterocycles. The largest absolute Gasteiger partial charge is 0.365 e. The van der Waals surface area contributed by atoms with Gasteiger partial charge in [0.25, 0.3) is 0 Å². The van der Waals surface area contributed by atoms with Crippen molar-refractivity contribution in [1.29, 1.82) is 0 Å². The molecule has 1 fully saturated rings. The summed E-state index contributed by atoms with van der Waals surface area (Å²) in [5.74, 6) is 1.81. The summed E-state index contributed by atoms with van der Waals surface area (Å²) in [6.45, 7) is 6.43. The van der Waals surface area contributed by atoms with E-state index in [0.717, 1.165) is 34.4 Å². The molecule has 3 rings (SSSR count). The van der Waals surface area contributed by atoms with Crippen LogP contribution < -0.4 is 5.32 Å². The number of allylic oxidation sites excluding steroid dienone is 1. The lowest BCUT2D eigenvalue weighted by molar-refractivity contribution is 0.484. The number of hydrogen-bond donors (Lipinski definition) is 1. The predicted molar refractivity (Wildman–Crippen MR) is 98.6 cm³/mol. The quantitative estimate of drug-likeness (QED) is 0.644. The van der Waals surface area contributed by atoms with Crippen molar-refractivity contribution in [3.05, 3.63) is 64.0 Å². The van der Waals surface area contributed by atoms with Crippen LogP contribution >= 0.6 is 15.9 Å². The molecule has 0 aliphatic heterocycles. The second-order valence-corrected chi connectivity index (χ2v) is 7.05. The van der Waals surface area contributed by atoms with E-state index in [0.29, 0.717) is 23.9 Å². The second-order valence-electron chi connectivity index (χ2n) is 6.20. The number of aromatic nitrogens is 2. The zero-order valence-electron chi connectivity index (χ0n) is 13.7. The fourth-order valence-electron chi connectivity index (χ4n) is 2.86. The van der Waals surface area contributed by atoms with E-state index in [2.05, 4.69) is 44.7 Å². The summed E-state index contributed by atoms with van der Waals surface area (Å²) in [5.41, 5.74) is 4.09. The van der Waals surface area contributed by atoms with Gasteiger partial charge in [-0.1, -0.05) is 47.1 Å². The summed E-state index contributed by atoms with van der Waals surface area (Å²) in [7, 11) is 0. The molecule has 1 saturated carbocycles. The van der Waals surface area contributed by atoms with E-state index < -0.39 is 6.67 Å². The molecule has 2 aromatic rings. The normalized spacial score (nSPS) is 19.1. The van der Waals surface area contributed by atoms with E-state index in [1.807, 2.05) is 18.3 Å². The molecule has 0 spiro atoms. The highest BCUT2D eigenvalue weighted by atomic mass is 79.9. The molecule has 1 aromatic heterocycles. The van der Waals surface area contributed by atoms with Crippen molar-refractivity contribution in [2.24, 2.45) is 5.92 Å². The van der Waals surface area contributed by atoms with Gasteiger partial charge in [-0.05, 0) is 36.0 Å². The van der Waals surface area contributed by atoms with Crippen LogP contribution in [0.2, 0.25) is 0 Å². The van der Waals surface area contributed by atoms with Crippen LogP contribution in [0.5, 0.6) is 0 Å². The Balaban J connectivity index is 1.57. The predicted octanol–water partition coefficient (Wildman–Crippen LogP) is 5.39. The van der Waals surface area contributed by atoms with E-state index in [1.54, 1.807) is 12.3 Å². The van der Waals surface area contributed by atoms with Gasteiger partial charge in [-0.25, -0.2) is 9.37 Å². The van der Waals surface area contributed by atoms with E-state index in [-0.39, 0.29) is 0 Å². The summed E-state index contributed by atoms with van der Waals surface area (Å²) < 4.78 is 13.5. The van der Waals surface area contributed by atoms with Gasteiger partial charge in [-0.2, -0.15) is 0 Å². The van der Waals surface area contributed by atoms with Crippen LogP contribution in [0.15, 0.2) is 47.2 Å². The van der Waals surface area contributed by atoms with Crippen molar-refractivity contribution >= 4 is 21.7 Å². The van der Waals surface area contributed by atoms with Gasteiger partial charge in [0.05, 0.1) is 18.1 Å². The van der Waals surface area contributed by atoms with Crippen LogP contribution in [0.25, 0.3) is 0 Å². The smallest absolute Gasteiger partial charge is 0.144 e. The standard InChI is InChI=1S/C19H21BrFN3/c1-3-12(2)15-7-16(15)18-10-24-19(11-22-18)23-9-13-4-5-14(8-21)17(20)6-13/h4-6,10-11,15-16H,2-3,7-9H2,1H3,(H,23,24). The Bertz CT molecular complexity index is 730. The fourth-order valence-corrected chi connectivity index (χ4v) is 3.39. The number of alkyl halides is 1. The zero-order valence-corrected chi connectivity index (χ0v) is 15.3. The molecule has 1 aliphatic carbocycles. The third kappa shape index (κ3) is 3.83. The van der Waals surface area contributed by atoms with Crippen molar-refractivity contribution in [3.63, 3.8) is 0 Å². The van der Waals surface area contributed by atoms with Gasteiger partial charge in [0.2, 0.25) is 0 Å². The molecule has 0 amide bonds. The maximum atomic E-state index is 12.7. The first kappa shape index (κ1) is 17.1. The van der Waals surface area contributed by atoms with E-state index >= 15 is 0 Å². The zero-order chi connectivity index (χ0) is 17.1. The number of nitrogens with zero attached hydrogens (tertiary/aromatic N) is 2. The van der Waals surface area contributed by atoms with Gasteiger partial charge < -0.3 is 5.32 Å². The third-order valence-electron chi connectivity index (χ3n) is 4.56. The molecule has 126 valence electrons. The number of hydrogen-bond acceptors (Lipinski definition) is 3. The van der Waals surface area contributed by atoms with Crippen molar-refractivity contribution < 1.29 is 4.39 Å². The molecule has 3 nitrogen and oxygen atoms in total. The molecule has 1 aliphatic rings. The first-order chi connectivity index (χ1) is 11.6. The average Bonchev–Trinajstić information content (AvgIpc) is 3.40. The van der Waals surface area contributed by atoms with Crippen LogP contribution in [0.4, 0.5) is 10.2 Å². The van der Waals surface area contributed by atoms with Gasteiger partial charge in [-0.3, -0.25) is 4.98 Å². The van der Waals surface area contributed by atoms with Crippen LogP contribution in [-0.2, 0) is 13.2 Å². The molecule has 1 aromatic carbocycles. The Kier molecular flexibility index (Phi) is 5.29. The molecule has 1 N–H and O–H groups in total. The Morgan fingerprint density at radius 1 is 1.38 bits per heavy atom. The first-order valence-corrected chi connectivity index (χ1v) is 8.98. The van der Waals surface area contributed by atoms with Gasteiger partial charge in [0, 0.05) is 16.9 Å². The van der Waals surface area contributed by atoms with Crippen LogP contribution in [0.1, 0.15) is 42.5 Å². The Morgan fingerprint density at radius 2 is 2.21 bits per heavy atom. The van der Waals surface area contributed by atoms with Crippen molar-refractivity contribution in [3.8, 4) is 0 Å². The molecule has 0 radical (unpaired) electrons. The summed E-state index contributed by atoms with van der Waals surface area (Å²) in [5, 5.41) is 3.25. The van der Waals surface area contributed by atoms with E-state index in [4.69, 9.17) is 0 Å². The van der Waals surface area contributed by atoms with Crippen molar-refractivity contribution in [2.45, 2.75) is 38.9 Å². The number of benzene rings is 1. The van der Waals surface area contributed by atoms with Gasteiger partial charge >= 0.3 is 0 Å². The lowest BCUT2D eigenvalue weighted by Crippen LogP contribution is -2.03. The number of nitrogens with one attached hydrogen (secondary N) is 1. The highest BCUT2D eigenvalue weighted by Crippen LogP contribution is 2.51. The topological polar surface area (TPSA) is 37.8 Å². The maximum absolute atomic E-state index is 12.7. The summed E-state index contributed by atoms with van der Waals surface area (Å²) in [6.07, 6.45) is 5.82. The van der Waals surface area contributed by atoms with E-state index in [1.165, 1.54) is 5.57 Å². The summed E-state index contributed by atoms with van der Waals surface area (Å²) in [4.78, 5) is 9.00. The molecule has 2 atom stereocenters. The monoisotopic (exact) mass is 389 g/mol. The SMILES string of the molecule is C=C(CC)C1CC1c1cnc(NCc2ccc(CF)c(Br)c2)cn1. The first-order valence-electron chi connectivity index (χ1n) is 8.19. The Morgan fingerprint density at radius 3 is 2.83 bits per heavy atom. The minimum atomic E-state index is -0.464. The Labute approximate surface area is 150 Å². The summed E-state index contributed by atoms with van der Waals surface area (Å²) >= 11 is 3.39. The molecule has 0 bridgehead atoms. The molecule has 1 heterocycles. The lowest BCUT2D eigenvalue weighted by Gasteiger charge is -2.08. The van der Waals surface area contributed by atoms with E-state index in [9.17, 15) is 4.39 Å². The minimum absolute atomic E-state index is 0.464. The number of rotatable bonds is 7. The maximum Gasteiger partial charge on any atom is 0.144 e.